The number of amides is 1. The van der Waals surface area contributed by atoms with Crippen molar-refractivity contribution in [3.63, 3.8) is 0 Å². The minimum atomic E-state index is 0.0632. The van der Waals surface area contributed by atoms with Gasteiger partial charge < -0.3 is 15.4 Å². The summed E-state index contributed by atoms with van der Waals surface area (Å²) in [4.78, 5) is 11.5. The molecule has 1 rings (SSSR count). The first kappa shape index (κ1) is 14.2. The molecule has 0 aromatic rings. The fourth-order valence-corrected chi connectivity index (χ4v) is 1.94. The van der Waals surface area contributed by atoms with Crippen LogP contribution in [0.2, 0.25) is 0 Å². The van der Waals surface area contributed by atoms with Gasteiger partial charge in [0, 0.05) is 12.5 Å². The molecule has 17 heavy (non-hydrogen) atoms. The number of nitrogens with one attached hydrogen (secondary N) is 2. The zero-order valence-electron chi connectivity index (χ0n) is 10.7. The number of piperidine rings is 1. The third kappa shape index (κ3) is 6.44. The summed E-state index contributed by atoms with van der Waals surface area (Å²) in [6.07, 6.45) is 5.50. The van der Waals surface area contributed by atoms with Crippen LogP contribution in [-0.2, 0) is 9.53 Å². The molecule has 2 N–H and O–H groups in total. The van der Waals surface area contributed by atoms with Gasteiger partial charge >= 0.3 is 0 Å². The van der Waals surface area contributed by atoms with E-state index in [0.29, 0.717) is 19.1 Å². The van der Waals surface area contributed by atoms with E-state index in [2.05, 4.69) is 17.2 Å². The molecule has 4 heteroatoms. The van der Waals surface area contributed by atoms with Crippen molar-refractivity contribution < 1.29 is 9.53 Å². The summed E-state index contributed by atoms with van der Waals surface area (Å²) in [5, 5.41) is 6.20. The van der Waals surface area contributed by atoms with Crippen LogP contribution in [0, 0.1) is 0 Å². The van der Waals surface area contributed by atoms with Gasteiger partial charge in [-0.15, -0.1) is 6.58 Å². The first-order valence-electron chi connectivity index (χ1n) is 6.45. The SMILES string of the molecule is C=CCC(C)NC(=O)CCOC1CCNCC1. The average molecular weight is 240 g/mol. The predicted octanol–water partition coefficient (Wildman–Crippen LogP) is 1.23. The Balaban J connectivity index is 2.04. The molecule has 1 fully saturated rings. The zero-order valence-corrected chi connectivity index (χ0v) is 10.7. The summed E-state index contributed by atoms with van der Waals surface area (Å²) in [5.74, 6) is 0.0632. The molecule has 1 amide bonds. The van der Waals surface area contributed by atoms with Crippen LogP contribution in [0.5, 0.6) is 0 Å². The molecule has 0 radical (unpaired) electrons. The molecule has 98 valence electrons. The molecule has 0 bridgehead atoms. The highest BCUT2D eigenvalue weighted by Gasteiger charge is 2.13. The van der Waals surface area contributed by atoms with Crippen LogP contribution in [0.4, 0.5) is 0 Å². The van der Waals surface area contributed by atoms with Crippen molar-refractivity contribution in [3.05, 3.63) is 12.7 Å². The average Bonchev–Trinajstić information content (AvgIpc) is 2.30. The maximum atomic E-state index is 11.5. The van der Waals surface area contributed by atoms with Gasteiger partial charge in [0.1, 0.15) is 0 Å². The molecular formula is C13H24N2O2. The second-order valence-electron chi connectivity index (χ2n) is 4.56. The fourth-order valence-electron chi connectivity index (χ4n) is 1.94. The predicted molar refractivity (Wildman–Crippen MR) is 68.9 cm³/mol. The Hall–Kier alpha value is -0.870. The lowest BCUT2D eigenvalue weighted by Gasteiger charge is -2.22. The number of hydrogen-bond donors (Lipinski definition) is 2. The standard InChI is InChI=1S/C13H24N2O2/c1-3-4-11(2)15-13(16)7-10-17-12-5-8-14-9-6-12/h3,11-12,14H,1,4-10H2,2H3,(H,15,16). The molecule has 0 spiro atoms. The second kappa shape index (κ2) is 8.25. The van der Waals surface area contributed by atoms with Gasteiger partial charge in [0.2, 0.25) is 5.91 Å². The van der Waals surface area contributed by atoms with Crippen molar-refractivity contribution in [1.82, 2.24) is 10.6 Å². The Labute approximate surface area is 104 Å². The lowest BCUT2D eigenvalue weighted by molar-refractivity contribution is -0.123. The first-order valence-corrected chi connectivity index (χ1v) is 6.45. The van der Waals surface area contributed by atoms with Crippen molar-refractivity contribution in [2.24, 2.45) is 0 Å². The monoisotopic (exact) mass is 240 g/mol. The number of rotatable bonds is 7. The maximum Gasteiger partial charge on any atom is 0.222 e. The van der Waals surface area contributed by atoms with Gasteiger partial charge in [-0.05, 0) is 39.3 Å². The van der Waals surface area contributed by atoms with Gasteiger partial charge in [-0.3, -0.25) is 4.79 Å². The third-order valence-corrected chi connectivity index (χ3v) is 2.90. The molecule has 0 aromatic carbocycles. The molecule has 4 nitrogen and oxygen atoms in total. The lowest BCUT2D eigenvalue weighted by Crippen LogP contribution is -2.35. The molecule has 1 aliphatic heterocycles. The molecule has 1 atom stereocenters. The minimum absolute atomic E-state index is 0.0632. The van der Waals surface area contributed by atoms with Crippen LogP contribution < -0.4 is 10.6 Å². The summed E-state index contributed by atoms with van der Waals surface area (Å²) < 4.78 is 5.67. The summed E-state index contributed by atoms with van der Waals surface area (Å²) in [7, 11) is 0. The molecule has 0 aromatic heterocycles. The summed E-state index contributed by atoms with van der Waals surface area (Å²) >= 11 is 0. The molecule has 1 saturated heterocycles. The topological polar surface area (TPSA) is 50.4 Å². The fraction of sp³-hybridized carbons (Fsp3) is 0.769. The van der Waals surface area contributed by atoms with Crippen molar-refractivity contribution in [3.8, 4) is 0 Å². The highest BCUT2D eigenvalue weighted by Crippen LogP contribution is 2.07. The molecule has 1 unspecified atom stereocenters. The van der Waals surface area contributed by atoms with Crippen LogP contribution in [0.15, 0.2) is 12.7 Å². The van der Waals surface area contributed by atoms with E-state index in [1.54, 1.807) is 0 Å². The minimum Gasteiger partial charge on any atom is -0.378 e. The number of hydrogen-bond acceptors (Lipinski definition) is 3. The molecule has 0 saturated carbocycles. The van der Waals surface area contributed by atoms with Gasteiger partial charge in [0.25, 0.3) is 0 Å². The maximum absolute atomic E-state index is 11.5. The van der Waals surface area contributed by atoms with E-state index < -0.39 is 0 Å². The van der Waals surface area contributed by atoms with Gasteiger partial charge in [-0.2, -0.15) is 0 Å². The van der Waals surface area contributed by atoms with Crippen molar-refractivity contribution in [2.45, 2.75) is 44.8 Å². The first-order chi connectivity index (χ1) is 8.22. The Kier molecular flexibility index (Phi) is 6.89. The normalized spacial score (nSPS) is 18.6. The van der Waals surface area contributed by atoms with Crippen LogP contribution in [0.1, 0.15) is 32.6 Å². The summed E-state index contributed by atoms with van der Waals surface area (Å²) in [6, 6.07) is 0.166. The van der Waals surface area contributed by atoms with Gasteiger partial charge in [-0.25, -0.2) is 0 Å². The van der Waals surface area contributed by atoms with E-state index in [1.165, 1.54) is 0 Å². The van der Waals surface area contributed by atoms with Crippen molar-refractivity contribution in [1.29, 1.82) is 0 Å². The van der Waals surface area contributed by atoms with Gasteiger partial charge in [-0.1, -0.05) is 6.08 Å². The van der Waals surface area contributed by atoms with Crippen LogP contribution in [0.3, 0.4) is 0 Å². The summed E-state index contributed by atoms with van der Waals surface area (Å²) in [5.41, 5.74) is 0. The van der Waals surface area contributed by atoms with E-state index in [4.69, 9.17) is 4.74 Å². The van der Waals surface area contributed by atoms with E-state index in [0.717, 1.165) is 32.4 Å². The number of carbonyl (C=O) groups excluding carboxylic acids is 1. The van der Waals surface area contributed by atoms with E-state index >= 15 is 0 Å². The van der Waals surface area contributed by atoms with E-state index in [-0.39, 0.29) is 11.9 Å². The lowest BCUT2D eigenvalue weighted by atomic mass is 10.1. The van der Waals surface area contributed by atoms with Crippen LogP contribution >= 0.6 is 0 Å². The Bertz CT molecular complexity index is 238. The quantitative estimate of drug-likeness (QED) is 0.658. The number of carbonyl (C=O) groups is 1. The third-order valence-electron chi connectivity index (χ3n) is 2.90. The highest BCUT2D eigenvalue weighted by molar-refractivity contribution is 5.76. The second-order valence-corrected chi connectivity index (χ2v) is 4.56. The van der Waals surface area contributed by atoms with Crippen molar-refractivity contribution in [2.75, 3.05) is 19.7 Å². The zero-order chi connectivity index (χ0) is 12.5. The molecule has 1 aliphatic rings. The van der Waals surface area contributed by atoms with E-state index in [9.17, 15) is 4.79 Å². The van der Waals surface area contributed by atoms with Crippen LogP contribution in [0.25, 0.3) is 0 Å². The molecule has 1 heterocycles. The summed E-state index contributed by atoms with van der Waals surface area (Å²) in [6.45, 7) is 8.20. The Morgan fingerprint density at radius 1 is 1.59 bits per heavy atom. The highest BCUT2D eigenvalue weighted by atomic mass is 16.5. The molecule has 0 aliphatic carbocycles. The number of ether oxygens (including phenoxy) is 1. The van der Waals surface area contributed by atoms with Gasteiger partial charge in [0.15, 0.2) is 0 Å². The van der Waals surface area contributed by atoms with Crippen molar-refractivity contribution >= 4 is 5.91 Å². The van der Waals surface area contributed by atoms with Crippen LogP contribution in [-0.4, -0.2) is 37.7 Å². The molecular weight excluding hydrogens is 216 g/mol. The smallest absolute Gasteiger partial charge is 0.222 e. The van der Waals surface area contributed by atoms with E-state index in [1.807, 2.05) is 13.0 Å². The Morgan fingerprint density at radius 3 is 2.94 bits per heavy atom. The Morgan fingerprint density at radius 2 is 2.29 bits per heavy atom. The van der Waals surface area contributed by atoms with Gasteiger partial charge in [0.05, 0.1) is 12.7 Å². The largest absolute Gasteiger partial charge is 0.378 e.